The summed E-state index contributed by atoms with van der Waals surface area (Å²) in [4.78, 5) is 6.23. The van der Waals surface area contributed by atoms with Gasteiger partial charge in [0.15, 0.2) is 5.96 Å². The number of rotatable bonds is 7. The molecule has 4 nitrogen and oxygen atoms in total. The lowest BCUT2D eigenvalue weighted by atomic mass is 10.2. The Kier molecular flexibility index (Phi) is 11.3. The van der Waals surface area contributed by atoms with Crippen molar-refractivity contribution in [2.45, 2.75) is 25.3 Å². The monoisotopic (exact) mass is 459 g/mol. The van der Waals surface area contributed by atoms with E-state index in [1.54, 1.807) is 43.1 Å². The Morgan fingerprint density at radius 3 is 2.43 bits per heavy atom. The van der Waals surface area contributed by atoms with Crippen LogP contribution < -0.4 is 10.1 Å². The Hall–Kier alpha value is -0.770. The molecule has 0 heterocycles. The van der Waals surface area contributed by atoms with E-state index in [1.165, 1.54) is 0 Å². The average Bonchev–Trinajstić information content (AvgIpc) is 2.49. The molecule has 0 amide bonds. The van der Waals surface area contributed by atoms with Gasteiger partial charge in [-0.05, 0) is 24.0 Å². The largest absolute Gasteiger partial charge is 0.435 e. The molecule has 0 aromatic heterocycles. The summed E-state index contributed by atoms with van der Waals surface area (Å²) in [5.74, 6) is 0.964. The van der Waals surface area contributed by atoms with Crippen LogP contribution in [-0.2, 0) is 6.54 Å². The predicted octanol–water partition coefficient (Wildman–Crippen LogP) is 3.66. The third kappa shape index (κ3) is 8.59. The van der Waals surface area contributed by atoms with Gasteiger partial charge in [0.1, 0.15) is 5.75 Å². The molecule has 23 heavy (non-hydrogen) atoms. The highest BCUT2D eigenvalue weighted by Gasteiger charge is 2.09. The molecule has 0 saturated heterocycles. The molecule has 8 heteroatoms. The third-order valence-corrected chi connectivity index (χ3v) is 4.06. The van der Waals surface area contributed by atoms with Crippen LogP contribution in [0.4, 0.5) is 8.78 Å². The average molecular weight is 459 g/mol. The fraction of sp³-hybridized carbons (Fsp3) is 0.533. The Labute approximate surface area is 158 Å². The quantitative estimate of drug-likeness (QED) is 0.384. The van der Waals surface area contributed by atoms with Crippen molar-refractivity contribution >= 4 is 41.7 Å². The van der Waals surface area contributed by atoms with E-state index in [2.05, 4.69) is 28.2 Å². The maximum Gasteiger partial charge on any atom is 0.387 e. The van der Waals surface area contributed by atoms with Crippen molar-refractivity contribution < 1.29 is 13.5 Å². The second-order valence-corrected chi connectivity index (χ2v) is 6.13. The van der Waals surface area contributed by atoms with Crippen LogP contribution in [0, 0.1) is 0 Å². The molecule has 0 bridgehead atoms. The molecule has 0 aliphatic rings. The Balaban J connectivity index is 0.00000484. The van der Waals surface area contributed by atoms with E-state index in [9.17, 15) is 8.78 Å². The lowest BCUT2D eigenvalue weighted by Crippen LogP contribution is -2.40. The summed E-state index contributed by atoms with van der Waals surface area (Å²) in [5, 5.41) is 3.81. The summed E-state index contributed by atoms with van der Waals surface area (Å²) in [7, 11) is 3.67. The van der Waals surface area contributed by atoms with Crippen LogP contribution >= 0.6 is 35.7 Å². The van der Waals surface area contributed by atoms with E-state index >= 15 is 0 Å². The first-order valence-electron chi connectivity index (χ1n) is 6.94. The molecular weight excluding hydrogens is 435 g/mol. The number of alkyl halides is 2. The molecule has 0 aliphatic heterocycles. The fourth-order valence-electron chi connectivity index (χ4n) is 1.83. The maximum atomic E-state index is 12.1. The first kappa shape index (κ1) is 22.2. The predicted molar refractivity (Wildman–Crippen MR) is 104 cm³/mol. The van der Waals surface area contributed by atoms with Gasteiger partial charge >= 0.3 is 6.61 Å². The van der Waals surface area contributed by atoms with Gasteiger partial charge in [-0.3, -0.25) is 4.99 Å². The topological polar surface area (TPSA) is 36.9 Å². The summed E-state index contributed by atoms with van der Waals surface area (Å²) >= 11 is 1.79. The lowest BCUT2D eigenvalue weighted by Gasteiger charge is -2.23. The number of hydrogen-bond acceptors (Lipinski definition) is 3. The second-order valence-electron chi connectivity index (χ2n) is 4.85. The summed E-state index contributed by atoms with van der Waals surface area (Å²) < 4.78 is 28.5. The van der Waals surface area contributed by atoms with Gasteiger partial charge in [-0.25, -0.2) is 0 Å². The number of nitrogens with one attached hydrogen (secondary N) is 1. The summed E-state index contributed by atoms with van der Waals surface area (Å²) in [6.45, 7) is 0.809. The van der Waals surface area contributed by atoms with E-state index in [-0.39, 0.29) is 29.7 Å². The molecular formula is C15H24F2IN3OS. The highest BCUT2D eigenvalue weighted by atomic mass is 127. The SMILES string of the molecule is CN=C(NCC(C)SC)N(C)Cc1ccc(OC(F)F)cc1.I. The number of thioether (sulfide) groups is 1. The van der Waals surface area contributed by atoms with Crippen LogP contribution in [0.1, 0.15) is 12.5 Å². The van der Waals surface area contributed by atoms with Gasteiger partial charge < -0.3 is 15.0 Å². The molecule has 1 aromatic rings. The molecule has 1 aromatic carbocycles. The standard InChI is InChI=1S/C15H23F2N3OS.HI/c1-11(22-4)9-19-15(18-2)20(3)10-12-5-7-13(8-6-12)21-14(16)17;/h5-8,11,14H,9-10H2,1-4H3,(H,18,19);1H. The number of halogens is 3. The Morgan fingerprint density at radius 1 is 1.35 bits per heavy atom. The number of ether oxygens (including phenoxy) is 1. The molecule has 1 unspecified atom stereocenters. The smallest absolute Gasteiger partial charge is 0.387 e. The van der Waals surface area contributed by atoms with E-state index in [0.717, 1.165) is 18.1 Å². The minimum absolute atomic E-state index is 0. The van der Waals surface area contributed by atoms with Crippen molar-refractivity contribution in [1.82, 2.24) is 10.2 Å². The summed E-state index contributed by atoms with van der Waals surface area (Å²) in [6, 6.07) is 6.63. The van der Waals surface area contributed by atoms with Gasteiger partial charge in [0.2, 0.25) is 0 Å². The van der Waals surface area contributed by atoms with Crippen LogP contribution in [0.3, 0.4) is 0 Å². The maximum absolute atomic E-state index is 12.1. The van der Waals surface area contributed by atoms with Crippen molar-refractivity contribution in [3.05, 3.63) is 29.8 Å². The van der Waals surface area contributed by atoms with Crippen LogP contribution in [0.5, 0.6) is 5.75 Å². The number of aliphatic imine (C=N–C) groups is 1. The van der Waals surface area contributed by atoms with Gasteiger partial charge in [0.25, 0.3) is 0 Å². The molecule has 1 rings (SSSR count). The van der Waals surface area contributed by atoms with E-state index in [1.807, 2.05) is 11.9 Å². The highest BCUT2D eigenvalue weighted by Crippen LogP contribution is 2.15. The summed E-state index contributed by atoms with van der Waals surface area (Å²) in [5.41, 5.74) is 0.991. The van der Waals surface area contributed by atoms with E-state index in [0.29, 0.717) is 11.8 Å². The van der Waals surface area contributed by atoms with E-state index in [4.69, 9.17) is 0 Å². The first-order chi connectivity index (χ1) is 10.5. The van der Waals surface area contributed by atoms with Gasteiger partial charge in [-0.2, -0.15) is 20.5 Å². The van der Waals surface area contributed by atoms with Gasteiger partial charge in [0, 0.05) is 32.4 Å². The van der Waals surface area contributed by atoms with Crippen molar-refractivity contribution in [2.75, 3.05) is 26.9 Å². The van der Waals surface area contributed by atoms with E-state index < -0.39 is 6.61 Å². The van der Waals surface area contributed by atoms with Crippen molar-refractivity contribution in [1.29, 1.82) is 0 Å². The molecule has 0 saturated carbocycles. The van der Waals surface area contributed by atoms with Crippen molar-refractivity contribution in [3.8, 4) is 5.75 Å². The molecule has 0 spiro atoms. The minimum atomic E-state index is -2.80. The van der Waals surface area contributed by atoms with Gasteiger partial charge in [-0.15, -0.1) is 24.0 Å². The lowest BCUT2D eigenvalue weighted by molar-refractivity contribution is -0.0498. The molecule has 0 radical (unpaired) electrons. The number of guanidine groups is 1. The summed E-state index contributed by atoms with van der Waals surface area (Å²) in [6.07, 6.45) is 2.07. The number of hydrogen-bond donors (Lipinski definition) is 1. The minimum Gasteiger partial charge on any atom is -0.435 e. The zero-order valence-electron chi connectivity index (χ0n) is 13.8. The molecule has 0 aliphatic carbocycles. The molecule has 132 valence electrons. The number of nitrogens with zero attached hydrogens (tertiary/aromatic N) is 2. The van der Waals surface area contributed by atoms with Gasteiger partial charge in [-0.1, -0.05) is 19.1 Å². The zero-order valence-corrected chi connectivity index (χ0v) is 16.9. The van der Waals surface area contributed by atoms with Gasteiger partial charge in [0.05, 0.1) is 0 Å². The molecule has 0 fully saturated rings. The number of benzene rings is 1. The molecule has 1 N–H and O–H groups in total. The van der Waals surface area contributed by atoms with Crippen molar-refractivity contribution in [3.63, 3.8) is 0 Å². The fourth-order valence-corrected chi connectivity index (χ4v) is 2.08. The second kappa shape index (κ2) is 11.7. The molecule has 1 atom stereocenters. The third-order valence-electron chi connectivity index (χ3n) is 3.09. The zero-order chi connectivity index (χ0) is 16.5. The van der Waals surface area contributed by atoms with Crippen LogP contribution in [0.2, 0.25) is 0 Å². The highest BCUT2D eigenvalue weighted by molar-refractivity contribution is 14.0. The normalized spacial score (nSPS) is 12.6. The first-order valence-corrected chi connectivity index (χ1v) is 8.23. The van der Waals surface area contributed by atoms with Crippen LogP contribution in [0.25, 0.3) is 0 Å². The van der Waals surface area contributed by atoms with Crippen LogP contribution in [0.15, 0.2) is 29.3 Å². The Morgan fingerprint density at radius 2 is 1.96 bits per heavy atom. The Bertz CT molecular complexity index is 474. The van der Waals surface area contributed by atoms with Crippen molar-refractivity contribution in [2.24, 2.45) is 4.99 Å². The van der Waals surface area contributed by atoms with Crippen LogP contribution in [-0.4, -0.2) is 49.6 Å².